The zero-order valence-electron chi connectivity index (χ0n) is 10.5. The Balaban J connectivity index is 1.85. The van der Waals surface area contributed by atoms with Crippen molar-refractivity contribution in [2.75, 3.05) is 0 Å². The van der Waals surface area contributed by atoms with E-state index in [-0.39, 0.29) is 17.0 Å². The van der Waals surface area contributed by atoms with Gasteiger partial charge in [0.1, 0.15) is 0 Å². The van der Waals surface area contributed by atoms with Crippen molar-refractivity contribution in [2.24, 2.45) is 0 Å². The fourth-order valence-electron chi connectivity index (χ4n) is 2.19. The van der Waals surface area contributed by atoms with Gasteiger partial charge in [-0.25, -0.2) is 0 Å². The van der Waals surface area contributed by atoms with Crippen LogP contribution in [0.3, 0.4) is 0 Å². The van der Waals surface area contributed by atoms with E-state index in [9.17, 15) is 14.9 Å². The number of carbonyl (C=O) groups excluding carboxylic acids is 1. The largest absolute Gasteiger partial charge is 0.344 e. The molecule has 1 saturated carbocycles. The SMILES string of the molecule is O=C(NC1CCCCC1)Sc1ccc([N+](=O)[O-])cc1. The van der Waals surface area contributed by atoms with Crippen LogP contribution in [0.1, 0.15) is 32.1 Å². The van der Waals surface area contributed by atoms with Gasteiger partial charge in [0.05, 0.1) is 4.92 Å². The molecular formula is C13H16N2O3S. The molecular weight excluding hydrogens is 264 g/mol. The van der Waals surface area contributed by atoms with Crippen LogP contribution in [0.4, 0.5) is 10.5 Å². The maximum atomic E-state index is 11.8. The van der Waals surface area contributed by atoms with Crippen molar-refractivity contribution < 1.29 is 9.72 Å². The molecule has 1 aliphatic carbocycles. The van der Waals surface area contributed by atoms with E-state index in [1.165, 1.54) is 31.4 Å². The van der Waals surface area contributed by atoms with E-state index in [2.05, 4.69) is 5.32 Å². The number of thioether (sulfide) groups is 1. The second-order valence-corrected chi connectivity index (χ2v) is 5.67. The molecule has 0 atom stereocenters. The number of nitro groups is 1. The average molecular weight is 280 g/mol. The van der Waals surface area contributed by atoms with Crippen molar-refractivity contribution in [1.29, 1.82) is 0 Å². The van der Waals surface area contributed by atoms with Gasteiger partial charge in [-0.1, -0.05) is 19.3 Å². The van der Waals surface area contributed by atoms with E-state index in [4.69, 9.17) is 0 Å². The lowest BCUT2D eigenvalue weighted by Crippen LogP contribution is -2.33. The van der Waals surface area contributed by atoms with Crippen molar-refractivity contribution in [2.45, 2.75) is 43.0 Å². The summed E-state index contributed by atoms with van der Waals surface area (Å²) in [5.74, 6) is 0. The van der Waals surface area contributed by atoms with Gasteiger partial charge in [-0.05, 0) is 36.7 Å². The standard InChI is InChI=1S/C13H16N2O3S/c16-13(14-10-4-2-1-3-5-10)19-12-8-6-11(7-9-12)15(17)18/h6-10H,1-5H2,(H,14,16). The maximum Gasteiger partial charge on any atom is 0.284 e. The molecule has 0 spiro atoms. The van der Waals surface area contributed by atoms with Crippen molar-refractivity contribution in [3.05, 3.63) is 34.4 Å². The Morgan fingerprint density at radius 3 is 2.42 bits per heavy atom. The van der Waals surface area contributed by atoms with E-state index in [1.54, 1.807) is 12.1 Å². The summed E-state index contributed by atoms with van der Waals surface area (Å²) in [5, 5.41) is 13.4. The maximum absolute atomic E-state index is 11.8. The highest BCUT2D eigenvalue weighted by atomic mass is 32.2. The Labute approximate surface area is 115 Å². The zero-order valence-corrected chi connectivity index (χ0v) is 11.3. The van der Waals surface area contributed by atoms with Gasteiger partial charge in [0.2, 0.25) is 0 Å². The minimum atomic E-state index is -0.448. The number of nitrogens with zero attached hydrogens (tertiary/aromatic N) is 1. The molecule has 6 heteroatoms. The summed E-state index contributed by atoms with van der Waals surface area (Å²) in [5.41, 5.74) is 0.0389. The molecule has 0 saturated heterocycles. The van der Waals surface area contributed by atoms with E-state index in [0.717, 1.165) is 29.5 Å². The summed E-state index contributed by atoms with van der Waals surface area (Å²) in [6.07, 6.45) is 5.70. The van der Waals surface area contributed by atoms with Gasteiger partial charge in [0.25, 0.3) is 10.9 Å². The molecule has 1 aromatic rings. The summed E-state index contributed by atoms with van der Waals surface area (Å²) in [4.78, 5) is 22.6. The van der Waals surface area contributed by atoms with Crippen molar-refractivity contribution in [3.8, 4) is 0 Å². The summed E-state index contributed by atoms with van der Waals surface area (Å²) in [7, 11) is 0. The summed E-state index contributed by atoms with van der Waals surface area (Å²) in [6.45, 7) is 0. The van der Waals surface area contributed by atoms with Crippen LogP contribution in [0.5, 0.6) is 0 Å². The molecule has 1 N–H and O–H groups in total. The van der Waals surface area contributed by atoms with E-state index < -0.39 is 4.92 Å². The van der Waals surface area contributed by atoms with E-state index >= 15 is 0 Å². The number of nitro benzene ring substituents is 1. The monoisotopic (exact) mass is 280 g/mol. The second-order valence-electron chi connectivity index (χ2n) is 4.62. The Bertz CT molecular complexity index is 455. The van der Waals surface area contributed by atoms with Gasteiger partial charge < -0.3 is 5.32 Å². The van der Waals surface area contributed by atoms with Crippen LogP contribution in [0.2, 0.25) is 0 Å². The van der Waals surface area contributed by atoms with Crippen LogP contribution in [0.15, 0.2) is 29.2 Å². The van der Waals surface area contributed by atoms with Gasteiger partial charge in [-0.2, -0.15) is 0 Å². The first-order chi connectivity index (χ1) is 9.15. The highest BCUT2D eigenvalue weighted by Gasteiger charge is 2.16. The normalized spacial score (nSPS) is 16.0. The molecule has 0 radical (unpaired) electrons. The molecule has 19 heavy (non-hydrogen) atoms. The highest BCUT2D eigenvalue weighted by Crippen LogP contribution is 2.23. The molecule has 1 amide bonds. The predicted molar refractivity (Wildman–Crippen MR) is 74.4 cm³/mol. The molecule has 0 aromatic heterocycles. The molecule has 1 aliphatic rings. The van der Waals surface area contributed by atoms with Crippen molar-refractivity contribution in [1.82, 2.24) is 5.32 Å². The van der Waals surface area contributed by atoms with Crippen LogP contribution < -0.4 is 5.32 Å². The first-order valence-corrected chi connectivity index (χ1v) is 7.19. The van der Waals surface area contributed by atoms with Gasteiger partial charge in [-0.3, -0.25) is 14.9 Å². The van der Waals surface area contributed by atoms with Crippen molar-refractivity contribution in [3.63, 3.8) is 0 Å². The van der Waals surface area contributed by atoms with Crippen LogP contribution in [-0.4, -0.2) is 16.2 Å². The van der Waals surface area contributed by atoms with Crippen LogP contribution >= 0.6 is 11.8 Å². The van der Waals surface area contributed by atoms with Crippen molar-refractivity contribution >= 4 is 22.7 Å². The summed E-state index contributed by atoms with van der Waals surface area (Å²) < 4.78 is 0. The predicted octanol–water partition coefficient (Wildman–Crippen LogP) is 3.73. The molecule has 5 nitrogen and oxygen atoms in total. The van der Waals surface area contributed by atoms with Crippen LogP contribution in [-0.2, 0) is 0 Å². The fraction of sp³-hybridized carbons (Fsp3) is 0.462. The lowest BCUT2D eigenvalue weighted by Gasteiger charge is -2.22. The molecule has 0 heterocycles. The number of non-ortho nitro benzene ring substituents is 1. The number of hydrogen-bond acceptors (Lipinski definition) is 4. The topological polar surface area (TPSA) is 72.2 Å². The van der Waals surface area contributed by atoms with Gasteiger partial charge >= 0.3 is 0 Å². The number of nitrogens with one attached hydrogen (secondary N) is 1. The Morgan fingerprint density at radius 2 is 1.84 bits per heavy atom. The van der Waals surface area contributed by atoms with Gasteiger partial charge in [-0.15, -0.1) is 0 Å². The highest BCUT2D eigenvalue weighted by molar-refractivity contribution is 8.13. The number of benzene rings is 1. The average Bonchev–Trinajstić information content (AvgIpc) is 2.40. The Kier molecular flexibility index (Phi) is 4.79. The number of rotatable bonds is 3. The molecule has 1 aromatic carbocycles. The molecule has 0 bridgehead atoms. The number of carbonyl (C=O) groups is 1. The number of hydrogen-bond donors (Lipinski definition) is 1. The van der Waals surface area contributed by atoms with Crippen LogP contribution in [0, 0.1) is 10.1 Å². The molecule has 102 valence electrons. The number of amides is 1. The first kappa shape index (κ1) is 13.9. The molecule has 2 rings (SSSR count). The lowest BCUT2D eigenvalue weighted by molar-refractivity contribution is -0.384. The second kappa shape index (κ2) is 6.56. The third kappa shape index (κ3) is 4.24. The van der Waals surface area contributed by atoms with E-state index in [1.807, 2.05) is 0 Å². The summed E-state index contributed by atoms with van der Waals surface area (Å²) >= 11 is 1.09. The minimum absolute atomic E-state index is 0.0389. The fourth-order valence-corrected chi connectivity index (χ4v) is 2.90. The molecule has 1 fully saturated rings. The van der Waals surface area contributed by atoms with Crippen LogP contribution in [0.25, 0.3) is 0 Å². The summed E-state index contributed by atoms with van der Waals surface area (Å²) in [6, 6.07) is 6.31. The Hall–Kier alpha value is -1.56. The lowest BCUT2D eigenvalue weighted by atomic mass is 9.96. The Morgan fingerprint density at radius 1 is 1.21 bits per heavy atom. The van der Waals surface area contributed by atoms with Gasteiger partial charge in [0, 0.05) is 23.1 Å². The minimum Gasteiger partial charge on any atom is -0.344 e. The third-order valence-electron chi connectivity index (χ3n) is 3.19. The zero-order chi connectivity index (χ0) is 13.7. The van der Waals surface area contributed by atoms with Gasteiger partial charge in [0.15, 0.2) is 0 Å². The third-order valence-corrected chi connectivity index (χ3v) is 4.00. The van der Waals surface area contributed by atoms with E-state index in [0.29, 0.717) is 0 Å². The quantitative estimate of drug-likeness (QED) is 0.520. The smallest absolute Gasteiger partial charge is 0.284 e. The molecule has 0 aliphatic heterocycles. The first-order valence-electron chi connectivity index (χ1n) is 6.38. The molecule has 0 unspecified atom stereocenters.